The molecule has 1 amide bonds. The van der Waals surface area contributed by atoms with Crippen molar-refractivity contribution < 1.29 is 27.7 Å². The van der Waals surface area contributed by atoms with Gasteiger partial charge in [0.2, 0.25) is 5.52 Å². The molecule has 112 valence electrons. The lowest BCUT2D eigenvalue weighted by Crippen LogP contribution is -2.39. The van der Waals surface area contributed by atoms with Crippen LogP contribution in [0.2, 0.25) is 0 Å². The number of nitrogens with one attached hydrogen (secondary N) is 1. The zero-order chi connectivity index (χ0) is 15.8. The van der Waals surface area contributed by atoms with Gasteiger partial charge in [0.15, 0.2) is 5.03 Å². The number of rotatable bonds is 3. The van der Waals surface area contributed by atoms with Crippen LogP contribution in [0.4, 0.5) is 13.2 Å². The van der Waals surface area contributed by atoms with E-state index in [2.05, 4.69) is 0 Å². The Morgan fingerprint density at radius 2 is 2.10 bits per heavy atom. The van der Waals surface area contributed by atoms with Gasteiger partial charge in [0.1, 0.15) is 4.70 Å². The molecule has 0 bridgehead atoms. The number of carbonyl (C=O) groups is 1. The van der Waals surface area contributed by atoms with Gasteiger partial charge in [0.25, 0.3) is 0 Å². The first-order valence-electron chi connectivity index (χ1n) is 5.04. The molecule has 0 aliphatic rings. The second-order valence-electron chi connectivity index (χ2n) is 3.58. The molecule has 0 aliphatic carbocycles. The molecular weight excluding hydrogens is 335 g/mol. The number of halogens is 3. The van der Waals surface area contributed by atoms with E-state index in [1.54, 1.807) is 0 Å². The average Bonchev–Trinajstić information content (AvgIpc) is 2.64. The van der Waals surface area contributed by atoms with E-state index in [-0.39, 0.29) is 19.8 Å². The third kappa shape index (κ3) is 3.52. The molecule has 2 aromatic rings. The third-order valence-electron chi connectivity index (χ3n) is 2.16. The van der Waals surface area contributed by atoms with E-state index in [4.69, 9.17) is 0 Å². The zero-order valence-corrected chi connectivity index (χ0v) is 11.3. The second-order valence-corrected chi connectivity index (χ2v) is 5.75. The van der Waals surface area contributed by atoms with Crippen LogP contribution in [0.15, 0.2) is 23.1 Å². The summed E-state index contributed by atoms with van der Waals surface area (Å²) in [5, 5.41) is 20.3. The standard InChI is InChI=1S/C9H4F3N3O4S2/c10-9(11,12)21-4-1-2-6-5(3-4)14(17)8(20-6)7(16)13-15(18)19/h1-3H,(H,13,16). The zero-order valence-electron chi connectivity index (χ0n) is 9.71. The number of amides is 1. The Balaban J connectivity index is 2.42. The van der Waals surface area contributed by atoms with Crippen LogP contribution in [0.1, 0.15) is 9.80 Å². The summed E-state index contributed by atoms with van der Waals surface area (Å²) in [5.74, 6) is -1.23. The maximum Gasteiger partial charge on any atom is 0.446 e. The van der Waals surface area contributed by atoms with Crippen LogP contribution in [0.5, 0.6) is 0 Å². The van der Waals surface area contributed by atoms with Crippen LogP contribution in [0, 0.1) is 15.3 Å². The third-order valence-corrected chi connectivity index (χ3v) is 3.99. The largest absolute Gasteiger partial charge is 0.617 e. The van der Waals surface area contributed by atoms with Crippen LogP contribution in [-0.2, 0) is 0 Å². The van der Waals surface area contributed by atoms with Gasteiger partial charge in [-0.3, -0.25) is 4.79 Å². The highest BCUT2D eigenvalue weighted by atomic mass is 32.2. The minimum absolute atomic E-state index is 0.0687. The van der Waals surface area contributed by atoms with E-state index in [0.29, 0.717) is 11.3 Å². The summed E-state index contributed by atoms with van der Waals surface area (Å²) in [6, 6.07) is 3.36. The van der Waals surface area contributed by atoms with Crippen molar-refractivity contribution >= 4 is 39.2 Å². The molecule has 0 aliphatic heterocycles. The number of hydrazine groups is 1. The fourth-order valence-corrected chi connectivity index (χ4v) is 2.95. The number of alkyl halides is 3. The predicted octanol–water partition coefficient (Wildman–Crippen LogP) is 2.07. The van der Waals surface area contributed by atoms with Gasteiger partial charge >= 0.3 is 16.4 Å². The van der Waals surface area contributed by atoms with Gasteiger partial charge in [-0.1, -0.05) is 16.8 Å². The van der Waals surface area contributed by atoms with Crippen molar-refractivity contribution in [3.8, 4) is 0 Å². The van der Waals surface area contributed by atoms with Gasteiger partial charge < -0.3 is 5.21 Å². The fourth-order valence-electron chi connectivity index (χ4n) is 1.46. The monoisotopic (exact) mass is 339 g/mol. The van der Waals surface area contributed by atoms with Gasteiger partial charge in [-0.05, 0) is 23.9 Å². The Kier molecular flexibility index (Phi) is 3.91. The molecule has 0 atom stereocenters. The summed E-state index contributed by atoms with van der Waals surface area (Å²) in [6.45, 7) is 0. The molecule has 0 radical (unpaired) electrons. The highest BCUT2D eigenvalue weighted by Gasteiger charge is 2.31. The van der Waals surface area contributed by atoms with Crippen LogP contribution in [-0.4, -0.2) is 16.4 Å². The Labute approximate surface area is 122 Å². The molecule has 0 unspecified atom stereocenters. The Morgan fingerprint density at radius 1 is 1.43 bits per heavy atom. The summed E-state index contributed by atoms with van der Waals surface area (Å²) in [4.78, 5) is 21.3. The first-order valence-corrected chi connectivity index (χ1v) is 6.68. The molecule has 0 saturated heterocycles. The maximum atomic E-state index is 12.3. The van der Waals surface area contributed by atoms with Crippen LogP contribution >= 0.6 is 23.1 Å². The summed E-state index contributed by atoms with van der Waals surface area (Å²) in [5.41, 5.74) is -3.37. The quantitative estimate of drug-likeness (QED) is 0.303. The van der Waals surface area contributed by atoms with Crippen LogP contribution < -0.4 is 10.2 Å². The molecule has 12 heteroatoms. The smallest absolute Gasteiger partial charge is 0.446 e. The van der Waals surface area contributed by atoms with Gasteiger partial charge in [-0.15, -0.1) is 4.73 Å². The topological polar surface area (TPSA) is 99.2 Å². The molecular formula is C9H4F3N3O4S2. The number of fused-ring (bicyclic) bond motifs is 1. The lowest BCUT2D eigenvalue weighted by Gasteiger charge is -2.04. The SMILES string of the molecule is O=C(N[N+](=O)[O-])c1sc2ccc(SC(F)(F)F)cc2[n+]1[O-]. The maximum absolute atomic E-state index is 12.3. The second kappa shape index (κ2) is 5.37. The van der Waals surface area contributed by atoms with Crippen LogP contribution in [0.3, 0.4) is 0 Å². The van der Waals surface area contributed by atoms with Crippen molar-refractivity contribution in [2.75, 3.05) is 0 Å². The molecule has 1 aromatic carbocycles. The normalized spacial score (nSPS) is 11.6. The molecule has 0 fully saturated rings. The average molecular weight is 339 g/mol. The number of carbonyl (C=O) groups excluding carboxylic acids is 1. The van der Waals surface area contributed by atoms with Crippen LogP contribution in [0.25, 0.3) is 10.2 Å². The van der Waals surface area contributed by atoms with Crippen molar-refractivity contribution in [1.29, 1.82) is 0 Å². The highest BCUT2D eigenvalue weighted by Crippen LogP contribution is 2.38. The van der Waals surface area contributed by atoms with Gasteiger partial charge in [0.05, 0.1) is 0 Å². The Hall–Kier alpha value is -2.08. The van der Waals surface area contributed by atoms with E-state index >= 15 is 0 Å². The molecule has 1 aromatic heterocycles. The predicted molar refractivity (Wildman–Crippen MR) is 67.2 cm³/mol. The fraction of sp³-hybridized carbons (Fsp3) is 0.111. The summed E-state index contributed by atoms with van der Waals surface area (Å²) in [7, 11) is 0. The lowest BCUT2D eigenvalue weighted by molar-refractivity contribution is -0.578. The number of thioether (sulfide) groups is 1. The van der Waals surface area contributed by atoms with Crippen molar-refractivity contribution in [3.05, 3.63) is 38.5 Å². The van der Waals surface area contributed by atoms with E-state index in [1.165, 1.54) is 11.5 Å². The van der Waals surface area contributed by atoms with Gasteiger partial charge in [0, 0.05) is 11.0 Å². The molecule has 0 spiro atoms. The first-order chi connectivity index (χ1) is 9.67. The van der Waals surface area contributed by atoms with E-state index in [1.807, 2.05) is 0 Å². The summed E-state index contributed by atoms with van der Waals surface area (Å²) < 4.78 is 37.1. The number of benzene rings is 1. The Morgan fingerprint density at radius 3 is 2.67 bits per heavy atom. The van der Waals surface area contributed by atoms with E-state index in [0.717, 1.165) is 12.1 Å². The minimum Gasteiger partial charge on any atom is -0.617 e. The molecule has 21 heavy (non-hydrogen) atoms. The molecule has 1 N–H and O–H groups in total. The molecule has 2 rings (SSSR count). The number of nitrogens with zero attached hydrogens (tertiary/aromatic N) is 2. The number of hydrogen-bond acceptors (Lipinski definition) is 6. The lowest BCUT2D eigenvalue weighted by atomic mass is 10.3. The number of thiazole rings is 1. The minimum atomic E-state index is -4.51. The van der Waals surface area contributed by atoms with Crippen molar-refractivity contribution in [2.24, 2.45) is 0 Å². The Bertz CT molecular complexity index is 731. The summed E-state index contributed by atoms with van der Waals surface area (Å²) in [6.07, 6.45) is 0. The summed E-state index contributed by atoms with van der Waals surface area (Å²) >= 11 is 0.240. The first kappa shape index (κ1) is 15.3. The number of nitro groups is 1. The van der Waals surface area contributed by atoms with Gasteiger partial charge in [-0.2, -0.15) is 13.2 Å². The molecule has 7 nitrogen and oxygen atoms in total. The van der Waals surface area contributed by atoms with Crippen molar-refractivity contribution in [2.45, 2.75) is 10.4 Å². The van der Waals surface area contributed by atoms with Crippen molar-refractivity contribution in [3.63, 3.8) is 0 Å². The molecule has 0 saturated carbocycles. The highest BCUT2D eigenvalue weighted by molar-refractivity contribution is 8.00. The van der Waals surface area contributed by atoms with E-state index in [9.17, 15) is 33.3 Å². The van der Waals surface area contributed by atoms with Crippen molar-refractivity contribution in [1.82, 2.24) is 5.43 Å². The number of hydrogen-bond donors (Lipinski definition) is 1. The van der Waals surface area contributed by atoms with Gasteiger partial charge in [-0.25, -0.2) is 10.1 Å². The van der Waals surface area contributed by atoms with E-state index < -0.39 is 33.2 Å². The number of aromatic nitrogens is 1. The molecule has 1 heterocycles.